The van der Waals surface area contributed by atoms with E-state index < -0.39 is 0 Å². The highest BCUT2D eigenvalue weighted by Crippen LogP contribution is 2.31. The summed E-state index contributed by atoms with van der Waals surface area (Å²) < 4.78 is 16.3. The van der Waals surface area contributed by atoms with Gasteiger partial charge in [0, 0.05) is 23.4 Å². The first-order valence-electron chi connectivity index (χ1n) is 7.97. The van der Waals surface area contributed by atoms with Crippen molar-refractivity contribution in [2.24, 2.45) is 0 Å². The molecule has 2 aromatic heterocycles. The molecule has 0 amide bonds. The summed E-state index contributed by atoms with van der Waals surface area (Å²) in [6.07, 6.45) is 0. The largest absolute Gasteiger partial charge is 0.482 e. The van der Waals surface area contributed by atoms with Gasteiger partial charge in [-0.2, -0.15) is 5.26 Å². The van der Waals surface area contributed by atoms with Crippen molar-refractivity contribution in [3.05, 3.63) is 57.0 Å². The summed E-state index contributed by atoms with van der Waals surface area (Å²) in [4.78, 5) is 4.40. The molecule has 0 saturated carbocycles. The average molecular weight is 437 g/mol. The van der Waals surface area contributed by atoms with E-state index in [1.807, 2.05) is 13.0 Å². The first kappa shape index (κ1) is 20.4. The molecular formula is C18H14Cl2N4O3S. The fourth-order valence-corrected chi connectivity index (χ4v) is 3.64. The number of ether oxygens (including phenoxy) is 2. The molecule has 0 bridgehead atoms. The second-order valence-corrected chi connectivity index (χ2v) is 7.36. The van der Waals surface area contributed by atoms with Crippen LogP contribution in [-0.2, 0) is 18.0 Å². The third-order valence-corrected chi connectivity index (χ3v) is 4.84. The van der Waals surface area contributed by atoms with Crippen molar-refractivity contribution in [1.82, 2.24) is 15.2 Å². The molecule has 0 aliphatic heterocycles. The van der Waals surface area contributed by atoms with Gasteiger partial charge in [-0.25, -0.2) is 4.98 Å². The predicted octanol–water partition coefficient (Wildman–Crippen LogP) is 4.83. The second-order valence-electron chi connectivity index (χ2n) is 5.57. The van der Waals surface area contributed by atoms with Gasteiger partial charge in [-0.3, -0.25) is 0 Å². The van der Waals surface area contributed by atoms with E-state index in [1.54, 1.807) is 25.3 Å². The summed E-state index contributed by atoms with van der Waals surface area (Å²) in [5, 5.41) is 19.0. The molecular weight excluding hydrogens is 423 g/mol. The Morgan fingerprint density at radius 3 is 2.75 bits per heavy atom. The van der Waals surface area contributed by atoms with Crippen LogP contribution >= 0.6 is 35.0 Å². The van der Waals surface area contributed by atoms with Crippen LogP contribution in [0.15, 0.2) is 38.9 Å². The second kappa shape index (κ2) is 9.26. The fraction of sp³-hybridized carbons (Fsp3) is 0.222. The third kappa shape index (κ3) is 4.94. The van der Waals surface area contributed by atoms with Gasteiger partial charge in [0.2, 0.25) is 0 Å². The molecule has 3 aromatic rings. The minimum absolute atomic E-state index is 0.0379. The van der Waals surface area contributed by atoms with E-state index in [-0.39, 0.29) is 17.7 Å². The summed E-state index contributed by atoms with van der Waals surface area (Å²) in [7, 11) is 1.57. The maximum atomic E-state index is 9.49. The van der Waals surface area contributed by atoms with Crippen LogP contribution in [0.3, 0.4) is 0 Å². The Labute approximate surface area is 175 Å². The average Bonchev–Trinajstić information content (AvgIpc) is 3.08. The molecule has 0 fully saturated rings. The lowest BCUT2D eigenvalue weighted by Gasteiger charge is -2.08. The Bertz CT molecular complexity index is 1040. The molecule has 2 heterocycles. The molecule has 0 spiro atoms. The van der Waals surface area contributed by atoms with E-state index in [2.05, 4.69) is 21.3 Å². The van der Waals surface area contributed by atoms with Gasteiger partial charge in [0.25, 0.3) is 11.1 Å². The van der Waals surface area contributed by atoms with Gasteiger partial charge < -0.3 is 13.9 Å². The summed E-state index contributed by atoms with van der Waals surface area (Å²) >= 11 is 13.0. The highest BCUT2D eigenvalue weighted by Gasteiger charge is 2.17. The van der Waals surface area contributed by atoms with Gasteiger partial charge in [-0.05, 0) is 43.0 Å². The molecule has 10 heteroatoms. The molecule has 144 valence electrons. The SMILES string of the molecule is COCc1cc(C)nc(Sc2nnc(COc3ccc(Cl)cc3Cl)o2)c1C#N. The smallest absolute Gasteiger partial charge is 0.283 e. The van der Waals surface area contributed by atoms with Crippen LogP contribution in [0.4, 0.5) is 0 Å². The van der Waals surface area contributed by atoms with Gasteiger partial charge in [0.15, 0.2) is 6.61 Å². The van der Waals surface area contributed by atoms with Crippen LogP contribution < -0.4 is 4.74 Å². The third-order valence-electron chi connectivity index (χ3n) is 3.49. The van der Waals surface area contributed by atoms with Gasteiger partial charge in [-0.1, -0.05) is 23.2 Å². The van der Waals surface area contributed by atoms with E-state index in [0.717, 1.165) is 23.0 Å². The van der Waals surface area contributed by atoms with Crippen molar-refractivity contribution in [3.8, 4) is 11.8 Å². The standard InChI is InChI=1S/C18H14Cl2N4O3S/c1-10-5-11(8-25-2)13(7-21)17(22-10)28-18-24-23-16(27-18)9-26-15-4-3-12(19)6-14(15)20/h3-6H,8-9H2,1-2H3. The summed E-state index contributed by atoms with van der Waals surface area (Å²) in [5.41, 5.74) is 1.93. The van der Waals surface area contributed by atoms with Crippen LogP contribution in [0.2, 0.25) is 10.0 Å². The molecule has 7 nitrogen and oxygen atoms in total. The van der Waals surface area contributed by atoms with Gasteiger partial charge in [0.05, 0.1) is 17.2 Å². The van der Waals surface area contributed by atoms with E-state index in [4.69, 9.17) is 37.1 Å². The Morgan fingerprint density at radius 2 is 2.04 bits per heavy atom. The summed E-state index contributed by atoms with van der Waals surface area (Å²) in [5.74, 6) is 0.714. The molecule has 0 aliphatic carbocycles. The van der Waals surface area contributed by atoms with Crippen LogP contribution in [-0.4, -0.2) is 22.3 Å². The van der Waals surface area contributed by atoms with Gasteiger partial charge in [0.1, 0.15) is 16.8 Å². The highest BCUT2D eigenvalue weighted by atomic mass is 35.5. The van der Waals surface area contributed by atoms with Crippen molar-refractivity contribution in [1.29, 1.82) is 5.26 Å². The zero-order valence-corrected chi connectivity index (χ0v) is 17.2. The van der Waals surface area contributed by atoms with Crippen LogP contribution in [0.1, 0.15) is 22.7 Å². The molecule has 0 radical (unpaired) electrons. The number of methoxy groups -OCH3 is 1. The summed E-state index contributed by atoms with van der Waals surface area (Å²) in [6, 6.07) is 8.88. The Kier molecular flexibility index (Phi) is 6.75. The number of aryl methyl sites for hydroxylation is 1. The van der Waals surface area contributed by atoms with Crippen molar-refractivity contribution in [3.63, 3.8) is 0 Å². The fourth-order valence-electron chi connectivity index (χ4n) is 2.33. The monoisotopic (exact) mass is 436 g/mol. The topological polar surface area (TPSA) is 94.1 Å². The molecule has 0 atom stereocenters. The zero-order chi connectivity index (χ0) is 20.1. The highest BCUT2D eigenvalue weighted by molar-refractivity contribution is 7.99. The molecule has 3 rings (SSSR count). The first-order chi connectivity index (χ1) is 13.5. The quantitative estimate of drug-likeness (QED) is 0.519. The number of nitriles is 1. The molecule has 0 N–H and O–H groups in total. The number of nitrogens with zero attached hydrogens (tertiary/aromatic N) is 4. The van der Waals surface area contributed by atoms with E-state index in [9.17, 15) is 5.26 Å². The molecule has 0 aliphatic rings. The van der Waals surface area contributed by atoms with Crippen molar-refractivity contribution < 1.29 is 13.9 Å². The van der Waals surface area contributed by atoms with Crippen LogP contribution in [0.5, 0.6) is 5.75 Å². The zero-order valence-electron chi connectivity index (χ0n) is 14.9. The van der Waals surface area contributed by atoms with Crippen molar-refractivity contribution >= 4 is 35.0 Å². The molecule has 1 aromatic carbocycles. The van der Waals surface area contributed by atoms with E-state index in [1.165, 1.54) is 0 Å². The number of halogens is 2. The Morgan fingerprint density at radius 1 is 1.21 bits per heavy atom. The number of benzene rings is 1. The lowest BCUT2D eigenvalue weighted by Crippen LogP contribution is -1.99. The van der Waals surface area contributed by atoms with Crippen LogP contribution in [0.25, 0.3) is 0 Å². The van der Waals surface area contributed by atoms with Gasteiger partial charge >= 0.3 is 0 Å². The van der Waals surface area contributed by atoms with Crippen LogP contribution in [0, 0.1) is 18.3 Å². The lowest BCUT2D eigenvalue weighted by molar-refractivity contribution is 0.184. The summed E-state index contributed by atoms with van der Waals surface area (Å²) in [6.45, 7) is 2.19. The molecule has 0 saturated heterocycles. The Balaban J connectivity index is 1.73. The first-order valence-corrected chi connectivity index (χ1v) is 9.55. The maximum absolute atomic E-state index is 9.49. The number of pyridine rings is 1. The molecule has 0 unspecified atom stereocenters. The number of rotatable bonds is 7. The maximum Gasteiger partial charge on any atom is 0.283 e. The number of hydrogen-bond acceptors (Lipinski definition) is 8. The van der Waals surface area contributed by atoms with Gasteiger partial charge in [-0.15, -0.1) is 10.2 Å². The van der Waals surface area contributed by atoms with Crippen molar-refractivity contribution in [2.75, 3.05) is 7.11 Å². The normalized spacial score (nSPS) is 10.7. The van der Waals surface area contributed by atoms with Crippen molar-refractivity contribution in [2.45, 2.75) is 30.4 Å². The number of aromatic nitrogens is 3. The van der Waals surface area contributed by atoms with E-state index in [0.29, 0.717) is 33.0 Å². The lowest BCUT2D eigenvalue weighted by atomic mass is 10.1. The predicted molar refractivity (Wildman–Crippen MR) is 104 cm³/mol. The number of hydrogen-bond donors (Lipinski definition) is 0. The minimum atomic E-state index is 0.0379. The minimum Gasteiger partial charge on any atom is -0.482 e. The Hall–Kier alpha value is -2.31. The molecule has 28 heavy (non-hydrogen) atoms. The van der Waals surface area contributed by atoms with E-state index >= 15 is 0 Å².